The fourth-order valence-electron chi connectivity index (χ4n) is 5.55. The third-order valence-electron chi connectivity index (χ3n) is 8.30. The van der Waals surface area contributed by atoms with Gasteiger partial charge in [-0.1, -0.05) is 19.3 Å². The summed E-state index contributed by atoms with van der Waals surface area (Å²) in [7, 11) is -2.21. The summed E-state index contributed by atoms with van der Waals surface area (Å²) in [6, 6.07) is 3.56. The number of nitrogens with zero attached hydrogens (tertiary/aromatic N) is 3. The first-order chi connectivity index (χ1) is 21.6. The van der Waals surface area contributed by atoms with Gasteiger partial charge in [-0.15, -0.1) is 0 Å². The number of hydrogen-bond acceptors (Lipinski definition) is 6. The molecule has 2 amide bonds. The van der Waals surface area contributed by atoms with Gasteiger partial charge < -0.3 is 10.1 Å². The lowest BCUT2D eigenvalue weighted by molar-refractivity contribution is -0.284. The second-order valence-electron chi connectivity index (χ2n) is 13.3. The zero-order valence-corrected chi connectivity index (χ0v) is 28.6. The molecule has 1 aromatic rings. The van der Waals surface area contributed by atoms with Crippen LogP contribution in [0.25, 0.3) is 6.08 Å². The number of rotatable bonds is 12. The smallest absolute Gasteiger partial charge is 0.443 e. The molecule has 1 aromatic carbocycles. The Kier molecular flexibility index (Phi) is 11.9. The fraction of sp³-hybridized carbons (Fsp3) is 0.656. The molecule has 0 radical (unpaired) electrons. The van der Waals surface area contributed by atoms with Gasteiger partial charge >= 0.3 is 18.2 Å². The van der Waals surface area contributed by atoms with Crippen LogP contribution >= 0.6 is 0 Å². The molecule has 15 heteroatoms. The number of aryl methyl sites for hydroxylation is 2. The summed E-state index contributed by atoms with van der Waals surface area (Å²) in [5.41, 5.74) is 1.14. The van der Waals surface area contributed by atoms with Gasteiger partial charge in [0.15, 0.2) is 0 Å². The first-order valence-corrected chi connectivity index (χ1v) is 17.2. The molecular weight excluding hydrogens is 647 g/mol. The number of nitrogens with one attached hydrogen (secondary N) is 1. The van der Waals surface area contributed by atoms with E-state index in [9.17, 15) is 40.0 Å². The van der Waals surface area contributed by atoms with Crippen LogP contribution in [0.3, 0.4) is 0 Å². The number of unbranched alkanes of at least 4 members (excludes halogenated alkanes) is 4. The van der Waals surface area contributed by atoms with Crippen molar-refractivity contribution in [3.63, 3.8) is 0 Å². The van der Waals surface area contributed by atoms with Crippen molar-refractivity contribution in [1.29, 1.82) is 0 Å². The number of halogens is 5. The predicted octanol–water partition coefficient (Wildman–Crippen LogP) is 7.27. The van der Waals surface area contributed by atoms with Gasteiger partial charge in [0.25, 0.3) is 5.91 Å². The van der Waals surface area contributed by atoms with Gasteiger partial charge in [0, 0.05) is 44.1 Å². The average molecular weight is 693 g/mol. The highest BCUT2D eigenvalue weighted by Gasteiger charge is 2.56. The lowest BCUT2D eigenvalue weighted by Gasteiger charge is -2.34. The van der Waals surface area contributed by atoms with Gasteiger partial charge in [-0.05, 0) is 95.2 Å². The van der Waals surface area contributed by atoms with Crippen molar-refractivity contribution in [3.8, 4) is 0 Å². The molecule has 1 saturated heterocycles. The molecule has 47 heavy (non-hydrogen) atoms. The van der Waals surface area contributed by atoms with Crippen LogP contribution in [0, 0.1) is 13.8 Å². The normalized spacial score (nSPS) is 17.7. The molecule has 2 heterocycles. The third-order valence-corrected chi connectivity index (χ3v) is 9.86. The Morgan fingerprint density at radius 3 is 2.13 bits per heavy atom. The van der Waals surface area contributed by atoms with E-state index < -0.39 is 45.8 Å². The second kappa shape index (κ2) is 14.6. The number of carbonyl (C=O) groups excluding carboxylic acids is 2. The van der Waals surface area contributed by atoms with Crippen LogP contribution in [0.1, 0.15) is 95.2 Å². The Labute approximate surface area is 273 Å². The topological polar surface area (TPSA) is 108 Å². The van der Waals surface area contributed by atoms with Crippen LogP contribution in [0.2, 0.25) is 0 Å². The third kappa shape index (κ3) is 9.97. The number of ether oxygens (including phenoxy) is 1. The zero-order valence-electron chi connectivity index (χ0n) is 27.8. The van der Waals surface area contributed by atoms with Crippen molar-refractivity contribution in [2.45, 2.75) is 116 Å². The number of hydrogen-bond donors (Lipinski definition) is 1. The van der Waals surface area contributed by atoms with Crippen LogP contribution in [0.5, 0.6) is 0 Å². The minimum atomic E-state index is -5.53. The van der Waals surface area contributed by atoms with Gasteiger partial charge in [0.2, 0.25) is 10.0 Å². The number of amides is 2. The van der Waals surface area contributed by atoms with Crippen LogP contribution in [0.15, 0.2) is 22.5 Å². The summed E-state index contributed by atoms with van der Waals surface area (Å²) in [5, 5.41) is 3.91. The Morgan fingerprint density at radius 1 is 1.02 bits per heavy atom. The minimum absolute atomic E-state index is 0.0943. The Morgan fingerprint density at radius 2 is 1.57 bits per heavy atom. The molecule has 0 bridgehead atoms. The SMILES string of the molecule is Cc1cc(N(C)C(=O)OC(C)(C)C)cc(C)c1/C=C/S(=O)(=O)N1CCC2(CC1)N=C(CCCCCCCC(F)(F)C(F)(F)F)NC2=O. The van der Waals surface area contributed by atoms with Crippen molar-refractivity contribution in [3.05, 3.63) is 34.2 Å². The number of amidine groups is 1. The van der Waals surface area contributed by atoms with E-state index in [-0.39, 0.29) is 44.7 Å². The van der Waals surface area contributed by atoms with E-state index in [0.717, 1.165) is 16.5 Å². The first-order valence-electron chi connectivity index (χ1n) is 15.7. The van der Waals surface area contributed by atoms with Gasteiger partial charge in [0.05, 0.1) is 0 Å². The van der Waals surface area contributed by atoms with Crippen molar-refractivity contribution in [2.75, 3.05) is 25.0 Å². The molecule has 2 aliphatic heterocycles. The summed E-state index contributed by atoms with van der Waals surface area (Å²) < 4.78 is 96.0. The number of benzene rings is 1. The van der Waals surface area contributed by atoms with Crippen molar-refractivity contribution in [2.24, 2.45) is 4.99 Å². The van der Waals surface area contributed by atoms with Crippen LogP contribution in [-0.4, -0.2) is 73.9 Å². The average Bonchev–Trinajstić information content (AvgIpc) is 3.23. The molecule has 1 N–H and O–H groups in total. The highest BCUT2D eigenvalue weighted by atomic mass is 32.2. The standard InChI is InChI=1S/C32H45F5N4O5S/c1-22-20-24(40(6)28(43)46-29(3,4)5)21-23(2)25(22)13-19-47(44,45)41-17-15-30(16-18-41)27(42)38-26(39-30)12-10-8-7-9-11-14-31(33,34)32(35,36)37/h13,19-21H,7-12,14-18H2,1-6H3,(H,38,39,42)/b19-13+. The summed E-state index contributed by atoms with van der Waals surface area (Å²) in [6.45, 7) is 9.17. The van der Waals surface area contributed by atoms with Gasteiger partial charge in [-0.25, -0.2) is 13.2 Å². The molecule has 0 aliphatic carbocycles. The minimum Gasteiger partial charge on any atom is -0.443 e. The monoisotopic (exact) mass is 692 g/mol. The number of sulfonamides is 1. The first kappa shape index (κ1) is 38.4. The second-order valence-corrected chi connectivity index (χ2v) is 15.1. The lowest BCUT2D eigenvalue weighted by atomic mass is 9.89. The highest BCUT2D eigenvalue weighted by Crippen LogP contribution is 2.39. The van der Waals surface area contributed by atoms with Crippen LogP contribution in [0.4, 0.5) is 32.4 Å². The summed E-state index contributed by atoms with van der Waals surface area (Å²) in [6.07, 6.45) is -3.28. The van der Waals surface area contributed by atoms with E-state index in [1.54, 1.807) is 40.0 Å². The van der Waals surface area contributed by atoms with E-state index in [0.29, 0.717) is 42.8 Å². The molecule has 264 valence electrons. The summed E-state index contributed by atoms with van der Waals surface area (Å²) in [5.74, 6) is -4.50. The maximum atomic E-state index is 13.2. The highest BCUT2D eigenvalue weighted by molar-refractivity contribution is 7.92. The molecule has 0 atom stereocenters. The molecule has 1 spiro atoms. The number of anilines is 1. The Bertz CT molecular complexity index is 1450. The van der Waals surface area contributed by atoms with E-state index in [2.05, 4.69) is 10.3 Å². The number of piperidine rings is 1. The maximum absolute atomic E-state index is 13.2. The number of alkyl halides is 5. The number of carbonyl (C=O) groups is 2. The van der Waals surface area contributed by atoms with Crippen LogP contribution < -0.4 is 10.2 Å². The Balaban J connectivity index is 1.52. The molecule has 3 rings (SSSR count). The van der Waals surface area contributed by atoms with Crippen molar-refractivity contribution < 1.29 is 44.7 Å². The van der Waals surface area contributed by atoms with E-state index in [4.69, 9.17) is 4.74 Å². The quantitative estimate of drug-likeness (QED) is 0.183. The molecular formula is C32H45F5N4O5S. The largest absolute Gasteiger partial charge is 0.453 e. The van der Waals surface area contributed by atoms with Gasteiger partial charge in [-0.2, -0.15) is 26.3 Å². The van der Waals surface area contributed by atoms with Gasteiger partial charge in [0.1, 0.15) is 17.0 Å². The van der Waals surface area contributed by atoms with E-state index in [1.807, 2.05) is 13.8 Å². The summed E-state index contributed by atoms with van der Waals surface area (Å²) in [4.78, 5) is 31.3. The fourth-order valence-corrected chi connectivity index (χ4v) is 6.72. The maximum Gasteiger partial charge on any atom is 0.453 e. The van der Waals surface area contributed by atoms with Gasteiger partial charge in [-0.3, -0.25) is 14.7 Å². The molecule has 0 unspecified atom stereocenters. The van der Waals surface area contributed by atoms with Crippen LogP contribution in [-0.2, 0) is 19.6 Å². The predicted molar refractivity (Wildman–Crippen MR) is 171 cm³/mol. The summed E-state index contributed by atoms with van der Waals surface area (Å²) >= 11 is 0. The van der Waals surface area contributed by atoms with E-state index in [1.165, 1.54) is 15.3 Å². The van der Waals surface area contributed by atoms with Crippen molar-refractivity contribution in [1.82, 2.24) is 9.62 Å². The Hall–Kier alpha value is -3.07. The number of aliphatic imine (C=N–C) groups is 1. The molecule has 1 fully saturated rings. The molecule has 9 nitrogen and oxygen atoms in total. The molecule has 0 aromatic heterocycles. The molecule has 0 saturated carbocycles. The lowest BCUT2D eigenvalue weighted by Crippen LogP contribution is -2.50. The zero-order chi connectivity index (χ0) is 35.4. The van der Waals surface area contributed by atoms with E-state index >= 15 is 0 Å². The van der Waals surface area contributed by atoms with Crippen molar-refractivity contribution >= 4 is 39.6 Å². The molecule has 2 aliphatic rings.